The van der Waals surface area contributed by atoms with E-state index in [1.807, 2.05) is 48.5 Å². The minimum atomic E-state index is -0.277. The molecule has 0 amide bonds. The lowest BCUT2D eigenvalue weighted by molar-refractivity contribution is 0.628. The largest absolute Gasteiger partial charge is 0.261 e. The average Bonchev–Trinajstić information content (AvgIpc) is 2.70. The van der Waals surface area contributed by atoms with Crippen LogP contribution in [0.4, 0.5) is 10.2 Å². The minimum absolute atomic E-state index is 0.277. The molecule has 4 aromatic rings. The number of para-hydroxylation sites is 1. The fourth-order valence-electron chi connectivity index (χ4n) is 2.61. The minimum Gasteiger partial charge on any atom is -0.261 e. The van der Waals surface area contributed by atoms with E-state index in [0.29, 0.717) is 11.6 Å². The van der Waals surface area contributed by atoms with Gasteiger partial charge >= 0.3 is 0 Å². The molecule has 1 aromatic heterocycles. The molecule has 6 heteroatoms. The van der Waals surface area contributed by atoms with E-state index >= 15 is 0 Å². The zero-order valence-corrected chi connectivity index (χ0v) is 15.7. The van der Waals surface area contributed by atoms with Crippen LogP contribution in [0.15, 0.2) is 82.4 Å². The Balaban J connectivity index is 1.70. The van der Waals surface area contributed by atoms with Crippen molar-refractivity contribution >= 4 is 38.9 Å². The van der Waals surface area contributed by atoms with Gasteiger partial charge in [0.15, 0.2) is 11.6 Å². The molecule has 4 nitrogen and oxygen atoms in total. The van der Waals surface area contributed by atoms with Crippen LogP contribution >= 0.6 is 15.9 Å². The third-order valence-corrected chi connectivity index (χ3v) is 4.49. The highest BCUT2D eigenvalue weighted by Gasteiger charge is 2.08. The van der Waals surface area contributed by atoms with Gasteiger partial charge in [0.25, 0.3) is 0 Å². The van der Waals surface area contributed by atoms with Crippen molar-refractivity contribution in [3.05, 3.63) is 88.6 Å². The summed E-state index contributed by atoms with van der Waals surface area (Å²) in [6.07, 6.45) is 1.62. The number of nitrogens with one attached hydrogen (secondary N) is 1. The van der Waals surface area contributed by atoms with Gasteiger partial charge in [-0.2, -0.15) is 5.10 Å². The van der Waals surface area contributed by atoms with Crippen LogP contribution < -0.4 is 5.43 Å². The molecule has 0 radical (unpaired) electrons. The summed E-state index contributed by atoms with van der Waals surface area (Å²) in [5.41, 5.74) is 5.51. The van der Waals surface area contributed by atoms with Crippen molar-refractivity contribution in [2.24, 2.45) is 5.10 Å². The van der Waals surface area contributed by atoms with E-state index < -0.39 is 0 Å². The summed E-state index contributed by atoms with van der Waals surface area (Å²) in [6.45, 7) is 0. The van der Waals surface area contributed by atoms with Crippen LogP contribution in [0.2, 0.25) is 0 Å². The monoisotopic (exact) mass is 420 g/mol. The molecule has 1 N–H and O–H groups in total. The van der Waals surface area contributed by atoms with Crippen molar-refractivity contribution in [3.8, 4) is 11.4 Å². The molecule has 0 bridgehead atoms. The maximum absolute atomic E-state index is 13.0. The fraction of sp³-hybridized carbons (Fsp3) is 0. The molecule has 4 rings (SSSR count). The Morgan fingerprint density at radius 3 is 2.41 bits per heavy atom. The normalized spacial score (nSPS) is 11.2. The van der Waals surface area contributed by atoms with E-state index in [9.17, 15) is 4.39 Å². The Morgan fingerprint density at radius 1 is 0.889 bits per heavy atom. The second kappa shape index (κ2) is 7.63. The standard InChI is InChI=1S/C21H14BrFN4/c22-16-9-7-15(8-10-16)20-25-19-4-2-1-3-18(19)21(26-20)27-24-13-14-5-11-17(23)12-6-14/h1-13H,(H,25,26,27). The molecule has 0 saturated carbocycles. The molecule has 0 spiro atoms. The number of benzene rings is 3. The van der Waals surface area contributed by atoms with Gasteiger partial charge in [-0.15, -0.1) is 0 Å². The van der Waals surface area contributed by atoms with Crippen molar-refractivity contribution in [1.29, 1.82) is 0 Å². The third kappa shape index (κ3) is 4.01. The zero-order valence-electron chi connectivity index (χ0n) is 14.1. The van der Waals surface area contributed by atoms with Crippen molar-refractivity contribution in [2.45, 2.75) is 0 Å². The first-order valence-corrected chi connectivity index (χ1v) is 9.06. The van der Waals surface area contributed by atoms with Gasteiger partial charge in [0, 0.05) is 15.4 Å². The molecule has 0 aliphatic rings. The molecule has 0 aliphatic heterocycles. The van der Waals surface area contributed by atoms with Gasteiger partial charge in [-0.1, -0.05) is 52.3 Å². The summed E-state index contributed by atoms with van der Waals surface area (Å²) in [6, 6.07) is 21.7. The summed E-state index contributed by atoms with van der Waals surface area (Å²) in [5.74, 6) is 0.943. The van der Waals surface area contributed by atoms with Crippen LogP contribution in [0, 0.1) is 5.82 Å². The number of aromatic nitrogens is 2. The summed E-state index contributed by atoms with van der Waals surface area (Å²) < 4.78 is 14.0. The van der Waals surface area contributed by atoms with E-state index in [-0.39, 0.29) is 5.82 Å². The number of nitrogens with zero attached hydrogens (tertiary/aromatic N) is 3. The van der Waals surface area contributed by atoms with Crippen LogP contribution in [0.5, 0.6) is 0 Å². The Labute approximate surface area is 163 Å². The zero-order chi connectivity index (χ0) is 18.6. The number of hydrogen-bond acceptors (Lipinski definition) is 4. The fourth-order valence-corrected chi connectivity index (χ4v) is 2.87. The Kier molecular flexibility index (Phi) is 4.89. The van der Waals surface area contributed by atoms with Crippen molar-refractivity contribution in [3.63, 3.8) is 0 Å². The lowest BCUT2D eigenvalue weighted by atomic mass is 10.2. The first-order valence-electron chi connectivity index (χ1n) is 8.26. The summed E-state index contributed by atoms with van der Waals surface area (Å²) in [7, 11) is 0. The molecular formula is C21H14BrFN4. The number of hydrazone groups is 1. The van der Waals surface area contributed by atoms with Crippen molar-refractivity contribution in [2.75, 3.05) is 5.43 Å². The number of halogens is 2. The lowest BCUT2D eigenvalue weighted by Gasteiger charge is -2.08. The Hall–Kier alpha value is -3.12. The van der Waals surface area contributed by atoms with Gasteiger partial charge in [0.2, 0.25) is 0 Å². The van der Waals surface area contributed by atoms with Gasteiger partial charge in [-0.3, -0.25) is 5.43 Å². The van der Waals surface area contributed by atoms with Crippen LogP contribution in [0.3, 0.4) is 0 Å². The maximum atomic E-state index is 13.0. The molecule has 0 unspecified atom stereocenters. The molecule has 132 valence electrons. The van der Waals surface area contributed by atoms with Gasteiger partial charge in [0.05, 0.1) is 11.7 Å². The van der Waals surface area contributed by atoms with Crippen molar-refractivity contribution < 1.29 is 4.39 Å². The molecule has 0 atom stereocenters. The highest BCUT2D eigenvalue weighted by atomic mass is 79.9. The molecular weight excluding hydrogens is 407 g/mol. The molecule has 0 fully saturated rings. The molecule has 0 saturated heterocycles. The first kappa shape index (κ1) is 17.3. The Bertz CT molecular complexity index is 1110. The number of rotatable bonds is 4. The first-order chi connectivity index (χ1) is 13.2. The second-order valence-corrected chi connectivity index (χ2v) is 6.76. The third-order valence-electron chi connectivity index (χ3n) is 3.96. The molecule has 3 aromatic carbocycles. The quantitative estimate of drug-likeness (QED) is 0.343. The van der Waals surface area contributed by atoms with E-state index in [2.05, 4.69) is 36.4 Å². The predicted octanol–water partition coefficient (Wildman–Crippen LogP) is 5.64. The molecule has 1 heterocycles. The van der Waals surface area contributed by atoms with E-state index in [1.165, 1.54) is 12.1 Å². The smallest absolute Gasteiger partial charge is 0.162 e. The van der Waals surface area contributed by atoms with E-state index in [4.69, 9.17) is 0 Å². The topological polar surface area (TPSA) is 50.2 Å². The molecule has 27 heavy (non-hydrogen) atoms. The number of fused-ring (bicyclic) bond motifs is 1. The van der Waals surface area contributed by atoms with Gasteiger partial charge in [-0.05, 0) is 42.0 Å². The van der Waals surface area contributed by atoms with Gasteiger partial charge in [-0.25, -0.2) is 14.4 Å². The highest BCUT2D eigenvalue weighted by molar-refractivity contribution is 9.10. The van der Waals surface area contributed by atoms with Crippen LogP contribution in [0.25, 0.3) is 22.3 Å². The average molecular weight is 421 g/mol. The van der Waals surface area contributed by atoms with Gasteiger partial charge < -0.3 is 0 Å². The van der Waals surface area contributed by atoms with Gasteiger partial charge in [0.1, 0.15) is 5.82 Å². The number of anilines is 1. The maximum Gasteiger partial charge on any atom is 0.162 e. The van der Waals surface area contributed by atoms with Crippen LogP contribution in [-0.4, -0.2) is 16.2 Å². The van der Waals surface area contributed by atoms with Crippen LogP contribution in [0.1, 0.15) is 5.56 Å². The summed E-state index contributed by atoms with van der Waals surface area (Å²) in [4.78, 5) is 9.29. The van der Waals surface area contributed by atoms with E-state index in [0.717, 1.165) is 26.5 Å². The van der Waals surface area contributed by atoms with E-state index in [1.54, 1.807) is 18.3 Å². The lowest BCUT2D eigenvalue weighted by Crippen LogP contribution is -1.99. The summed E-state index contributed by atoms with van der Waals surface area (Å²) in [5, 5.41) is 5.12. The summed E-state index contributed by atoms with van der Waals surface area (Å²) >= 11 is 3.44. The predicted molar refractivity (Wildman–Crippen MR) is 110 cm³/mol. The van der Waals surface area contributed by atoms with Crippen LogP contribution in [-0.2, 0) is 0 Å². The number of hydrogen-bond donors (Lipinski definition) is 1. The van der Waals surface area contributed by atoms with Crippen molar-refractivity contribution in [1.82, 2.24) is 9.97 Å². The SMILES string of the molecule is Fc1ccc(C=NNc2nc(-c3ccc(Br)cc3)nc3ccccc23)cc1. The Morgan fingerprint density at radius 2 is 1.63 bits per heavy atom. The molecule has 0 aliphatic carbocycles. The second-order valence-electron chi connectivity index (χ2n) is 5.84. The highest BCUT2D eigenvalue weighted by Crippen LogP contribution is 2.25.